The molecule has 2 aliphatic heterocycles. The molecule has 132 valence electrons. The average Bonchev–Trinajstić information content (AvgIpc) is 3.13. The van der Waals surface area contributed by atoms with E-state index in [0.29, 0.717) is 18.9 Å². The molecule has 0 aromatic heterocycles. The van der Waals surface area contributed by atoms with E-state index in [1.54, 1.807) is 0 Å². The highest BCUT2D eigenvalue weighted by atomic mass is 79.9. The molecule has 0 saturated carbocycles. The number of carbonyl (C=O) groups is 1. The minimum absolute atomic E-state index is 0.00350. The number of nitrogens with one attached hydrogen (secondary N) is 2. The van der Waals surface area contributed by atoms with Crippen LogP contribution < -0.4 is 10.6 Å². The van der Waals surface area contributed by atoms with Crippen LogP contribution in [0.1, 0.15) is 37.7 Å². The van der Waals surface area contributed by atoms with E-state index in [-0.39, 0.29) is 11.3 Å². The number of amides is 1. The molecular formula is C19H27BrN2O2. The highest BCUT2D eigenvalue weighted by Gasteiger charge is 2.34. The predicted octanol–water partition coefficient (Wildman–Crippen LogP) is 3.00. The van der Waals surface area contributed by atoms with Crippen LogP contribution in [0.2, 0.25) is 0 Å². The second-order valence-electron chi connectivity index (χ2n) is 7.07. The zero-order valence-corrected chi connectivity index (χ0v) is 15.7. The Bertz CT molecular complexity index is 535. The molecule has 0 bridgehead atoms. The Labute approximate surface area is 152 Å². The number of carbonyl (C=O) groups excluding carboxylic acids is 1. The summed E-state index contributed by atoms with van der Waals surface area (Å²) in [6.07, 6.45) is 4.75. The molecule has 0 radical (unpaired) electrons. The van der Waals surface area contributed by atoms with Crippen LogP contribution in [-0.2, 0) is 14.9 Å². The summed E-state index contributed by atoms with van der Waals surface area (Å²) in [5, 5.41) is 6.57. The Morgan fingerprint density at radius 1 is 1.29 bits per heavy atom. The molecule has 4 nitrogen and oxygen atoms in total. The highest BCUT2D eigenvalue weighted by molar-refractivity contribution is 9.10. The van der Waals surface area contributed by atoms with Crippen LogP contribution in [0.3, 0.4) is 0 Å². The maximum atomic E-state index is 12.3. The van der Waals surface area contributed by atoms with Crippen LogP contribution in [0.4, 0.5) is 0 Å². The molecule has 1 unspecified atom stereocenters. The second kappa shape index (κ2) is 8.45. The molecule has 24 heavy (non-hydrogen) atoms. The number of benzene rings is 1. The SMILES string of the molecule is O=C(CCC1CCNC1)NCC1(c2ccc(Br)cc2)CCOCC1. The van der Waals surface area contributed by atoms with E-state index >= 15 is 0 Å². The summed E-state index contributed by atoms with van der Waals surface area (Å²) >= 11 is 3.50. The van der Waals surface area contributed by atoms with Crippen molar-refractivity contribution < 1.29 is 9.53 Å². The molecule has 3 rings (SSSR count). The molecule has 2 fully saturated rings. The zero-order valence-electron chi connectivity index (χ0n) is 14.2. The van der Waals surface area contributed by atoms with Crippen molar-refractivity contribution in [3.63, 3.8) is 0 Å². The number of rotatable bonds is 6. The van der Waals surface area contributed by atoms with E-state index in [4.69, 9.17) is 4.74 Å². The lowest BCUT2D eigenvalue weighted by molar-refractivity contribution is -0.121. The summed E-state index contributed by atoms with van der Waals surface area (Å²) < 4.78 is 6.65. The summed E-state index contributed by atoms with van der Waals surface area (Å²) in [4.78, 5) is 12.3. The van der Waals surface area contributed by atoms with Crippen LogP contribution in [0, 0.1) is 5.92 Å². The first-order valence-electron chi connectivity index (χ1n) is 8.99. The lowest BCUT2D eigenvalue weighted by atomic mass is 9.74. The molecule has 2 N–H and O–H groups in total. The highest BCUT2D eigenvalue weighted by Crippen LogP contribution is 2.35. The Hall–Kier alpha value is -0.910. The summed E-state index contributed by atoms with van der Waals surface area (Å²) in [6.45, 7) is 4.39. The van der Waals surface area contributed by atoms with E-state index in [0.717, 1.165) is 50.0 Å². The Balaban J connectivity index is 1.57. The van der Waals surface area contributed by atoms with Gasteiger partial charge >= 0.3 is 0 Å². The fourth-order valence-electron chi connectivity index (χ4n) is 3.79. The van der Waals surface area contributed by atoms with Gasteiger partial charge < -0.3 is 15.4 Å². The summed E-state index contributed by atoms with van der Waals surface area (Å²) in [7, 11) is 0. The van der Waals surface area contributed by atoms with Crippen molar-refractivity contribution >= 4 is 21.8 Å². The molecule has 1 atom stereocenters. The third kappa shape index (κ3) is 4.58. The van der Waals surface area contributed by atoms with Gasteiger partial charge in [-0.05, 0) is 62.4 Å². The maximum Gasteiger partial charge on any atom is 0.220 e. The molecule has 2 heterocycles. The van der Waals surface area contributed by atoms with Gasteiger partial charge in [-0.15, -0.1) is 0 Å². The van der Waals surface area contributed by atoms with Crippen molar-refractivity contribution in [1.82, 2.24) is 10.6 Å². The molecular weight excluding hydrogens is 368 g/mol. The largest absolute Gasteiger partial charge is 0.381 e. The van der Waals surface area contributed by atoms with Crippen LogP contribution in [0.15, 0.2) is 28.7 Å². The fraction of sp³-hybridized carbons (Fsp3) is 0.632. The third-order valence-corrected chi connectivity index (χ3v) is 6.00. The lowest BCUT2D eigenvalue weighted by Crippen LogP contribution is -2.44. The smallest absolute Gasteiger partial charge is 0.220 e. The van der Waals surface area contributed by atoms with Crippen molar-refractivity contribution in [1.29, 1.82) is 0 Å². The lowest BCUT2D eigenvalue weighted by Gasteiger charge is -2.38. The first-order valence-corrected chi connectivity index (χ1v) is 9.78. The standard InChI is InChI=1S/C19H27BrN2O2/c20-17-4-2-16(3-5-17)19(8-11-24-12-9-19)14-22-18(23)6-1-15-7-10-21-13-15/h2-5,15,21H,1,6-14H2,(H,22,23). The van der Waals surface area contributed by atoms with Crippen molar-refractivity contribution in [2.24, 2.45) is 5.92 Å². The van der Waals surface area contributed by atoms with Gasteiger partial charge in [0.2, 0.25) is 5.91 Å². The summed E-state index contributed by atoms with van der Waals surface area (Å²) in [5.74, 6) is 0.851. The number of ether oxygens (including phenoxy) is 1. The van der Waals surface area contributed by atoms with Gasteiger partial charge in [-0.25, -0.2) is 0 Å². The van der Waals surface area contributed by atoms with Gasteiger partial charge in [-0.3, -0.25) is 4.79 Å². The van der Waals surface area contributed by atoms with E-state index in [1.807, 2.05) is 0 Å². The normalized spacial score (nSPS) is 23.1. The van der Waals surface area contributed by atoms with E-state index < -0.39 is 0 Å². The molecule has 1 amide bonds. The monoisotopic (exact) mass is 394 g/mol. The van der Waals surface area contributed by atoms with Gasteiger partial charge in [0.25, 0.3) is 0 Å². The molecule has 0 aliphatic carbocycles. The van der Waals surface area contributed by atoms with Crippen LogP contribution in [-0.4, -0.2) is 38.8 Å². The average molecular weight is 395 g/mol. The van der Waals surface area contributed by atoms with Crippen LogP contribution >= 0.6 is 15.9 Å². The first-order chi connectivity index (χ1) is 11.7. The van der Waals surface area contributed by atoms with Gasteiger partial charge in [0.15, 0.2) is 0 Å². The molecule has 0 spiro atoms. The number of hydrogen-bond acceptors (Lipinski definition) is 3. The van der Waals surface area contributed by atoms with Gasteiger partial charge in [0.05, 0.1) is 0 Å². The Morgan fingerprint density at radius 2 is 2.04 bits per heavy atom. The molecule has 5 heteroatoms. The molecule has 1 aromatic rings. The number of halogens is 1. The van der Waals surface area contributed by atoms with Crippen LogP contribution in [0.25, 0.3) is 0 Å². The summed E-state index contributed by atoms with van der Waals surface area (Å²) in [6, 6.07) is 8.51. The number of hydrogen-bond donors (Lipinski definition) is 2. The topological polar surface area (TPSA) is 50.4 Å². The molecule has 2 aliphatic rings. The van der Waals surface area contributed by atoms with Gasteiger partial charge in [-0.2, -0.15) is 0 Å². The second-order valence-corrected chi connectivity index (χ2v) is 7.99. The van der Waals surface area contributed by atoms with E-state index in [9.17, 15) is 4.79 Å². The quantitative estimate of drug-likeness (QED) is 0.779. The van der Waals surface area contributed by atoms with Crippen LogP contribution in [0.5, 0.6) is 0 Å². The van der Waals surface area contributed by atoms with E-state index in [2.05, 4.69) is 50.8 Å². The minimum atomic E-state index is 0.00350. The van der Waals surface area contributed by atoms with Gasteiger partial charge in [-0.1, -0.05) is 28.1 Å². The van der Waals surface area contributed by atoms with Gasteiger partial charge in [0, 0.05) is 36.1 Å². The van der Waals surface area contributed by atoms with E-state index in [1.165, 1.54) is 12.0 Å². The van der Waals surface area contributed by atoms with Crippen molar-refractivity contribution in [3.05, 3.63) is 34.3 Å². The van der Waals surface area contributed by atoms with Crippen molar-refractivity contribution in [2.75, 3.05) is 32.8 Å². The predicted molar refractivity (Wildman–Crippen MR) is 99.1 cm³/mol. The minimum Gasteiger partial charge on any atom is -0.381 e. The summed E-state index contributed by atoms with van der Waals surface area (Å²) in [5.41, 5.74) is 1.30. The van der Waals surface area contributed by atoms with Crippen molar-refractivity contribution in [3.8, 4) is 0 Å². The first kappa shape index (κ1) is 17.9. The van der Waals surface area contributed by atoms with Gasteiger partial charge in [0.1, 0.15) is 0 Å². The fourth-order valence-corrected chi connectivity index (χ4v) is 4.05. The maximum absolute atomic E-state index is 12.3. The Kier molecular flexibility index (Phi) is 6.31. The molecule has 2 saturated heterocycles. The van der Waals surface area contributed by atoms with Crippen molar-refractivity contribution in [2.45, 2.75) is 37.5 Å². The zero-order chi connectivity index (χ0) is 16.8. The molecule has 1 aromatic carbocycles. The Morgan fingerprint density at radius 3 is 2.71 bits per heavy atom. The third-order valence-electron chi connectivity index (χ3n) is 5.47.